The van der Waals surface area contributed by atoms with Crippen molar-refractivity contribution in [2.24, 2.45) is 0 Å². The lowest BCUT2D eigenvalue weighted by Gasteiger charge is -2.11. The van der Waals surface area contributed by atoms with Crippen LogP contribution in [-0.2, 0) is 0 Å². The zero-order valence-corrected chi connectivity index (χ0v) is 20.5. The van der Waals surface area contributed by atoms with E-state index in [0.29, 0.717) is 0 Å². The number of hydrogen-bond donors (Lipinski definition) is 0. The third-order valence-corrected chi connectivity index (χ3v) is 8.67. The van der Waals surface area contributed by atoms with Crippen LogP contribution in [0, 0.1) is 0 Å². The molecular formula is C33H21NOS. The van der Waals surface area contributed by atoms with Crippen molar-refractivity contribution >= 4 is 92.6 Å². The van der Waals surface area contributed by atoms with Crippen LogP contribution in [0.1, 0.15) is 18.2 Å². The first-order chi connectivity index (χ1) is 17.8. The minimum Gasteiger partial charge on any atom is -0.455 e. The summed E-state index contributed by atoms with van der Waals surface area (Å²) in [4.78, 5) is 0. The van der Waals surface area contributed by atoms with Crippen molar-refractivity contribution in [2.45, 2.75) is 6.92 Å². The van der Waals surface area contributed by atoms with Gasteiger partial charge < -0.3 is 8.82 Å². The highest BCUT2D eigenvalue weighted by atomic mass is 32.1. The van der Waals surface area contributed by atoms with Gasteiger partial charge in [-0.25, -0.2) is 0 Å². The summed E-state index contributed by atoms with van der Waals surface area (Å²) in [6.45, 7) is 6.12. The van der Waals surface area contributed by atoms with Crippen molar-refractivity contribution in [3.8, 4) is 0 Å². The van der Waals surface area contributed by atoms with E-state index in [1.807, 2.05) is 36.5 Å². The summed E-state index contributed by atoms with van der Waals surface area (Å²) < 4.78 is 11.6. The molecule has 4 aromatic heterocycles. The summed E-state index contributed by atoms with van der Waals surface area (Å²) in [6, 6.07) is 26.4. The number of furan rings is 1. The number of nitrogens with zero attached hydrogens (tertiary/aromatic N) is 1. The average Bonchev–Trinajstić information content (AvgIpc) is 3.59. The van der Waals surface area contributed by atoms with Crippen molar-refractivity contribution in [3.05, 3.63) is 103 Å². The van der Waals surface area contributed by atoms with Crippen LogP contribution in [0.25, 0.3) is 81.3 Å². The van der Waals surface area contributed by atoms with Crippen molar-refractivity contribution < 1.29 is 4.42 Å². The quantitative estimate of drug-likeness (QED) is 0.225. The second-order valence-electron chi connectivity index (χ2n) is 9.32. The predicted octanol–water partition coefficient (Wildman–Crippen LogP) is 10.2. The van der Waals surface area contributed by atoms with Crippen LogP contribution in [0.2, 0.25) is 0 Å². The monoisotopic (exact) mass is 479 g/mol. The van der Waals surface area contributed by atoms with Gasteiger partial charge in [0.1, 0.15) is 11.3 Å². The highest BCUT2D eigenvalue weighted by Gasteiger charge is 2.21. The van der Waals surface area contributed by atoms with Crippen LogP contribution in [0.15, 0.2) is 96.1 Å². The van der Waals surface area contributed by atoms with Gasteiger partial charge in [0.2, 0.25) is 0 Å². The van der Waals surface area contributed by atoms with Crippen LogP contribution in [0.5, 0.6) is 0 Å². The van der Waals surface area contributed by atoms with Crippen LogP contribution < -0.4 is 0 Å². The normalized spacial score (nSPS) is 12.6. The highest BCUT2D eigenvalue weighted by molar-refractivity contribution is 7.26. The number of allylic oxidation sites excluding steroid dienone is 1. The minimum absolute atomic E-state index is 0.853. The molecule has 0 aliphatic heterocycles. The molecule has 0 aliphatic rings. The second kappa shape index (κ2) is 7.09. The maximum atomic E-state index is 6.65. The van der Waals surface area contributed by atoms with E-state index in [9.17, 15) is 0 Å². The van der Waals surface area contributed by atoms with E-state index in [1.54, 1.807) is 0 Å². The Balaban J connectivity index is 1.75. The molecular weight excluding hydrogens is 458 g/mol. The summed E-state index contributed by atoms with van der Waals surface area (Å²) in [7, 11) is 0. The standard InChI is InChI=1S/C33H21NOS/c1-3-9-27-20(4-2)23-14-15-25-29(32(23)35-27)30-26(34-18-19-10-5-6-11-21(19)31(25)34)17-16-24-22-12-7-8-13-28(22)36-33(24)30/h3-18H,2H2,1H3/b9-3-. The lowest BCUT2D eigenvalue weighted by Crippen LogP contribution is -1.90. The maximum absolute atomic E-state index is 6.65. The van der Waals surface area contributed by atoms with Gasteiger partial charge in [0.15, 0.2) is 0 Å². The van der Waals surface area contributed by atoms with E-state index in [1.165, 1.54) is 58.1 Å². The summed E-state index contributed by atoms with van der Waals surface area (Å²) in [5.41, 5.74) is 4.39. The van der Waals surface area contributed by atoms with E-state index >= 15 is 0 Å². The number of aromatic nitrogens is 1. The number of thiophene rings is 1. The highest BCUT2D eigenvalue weighted by Crippen LogP contribution is 2.46. The first kappa shape index (κ1) is 19.9. The number of rotatable bonds is 2. The molecule has 0 spiro atoms. The second-order valence-corrected chi connectivity index (χ2v) is 10.4. The van der Waals surface area contributed by atoms with Gasteiger partial charge >= 0.3 is 0 Å². The Kier molecular flexibility index (Phi) is 3.92. The first-order valence-corrected chi connectivity index (χ1v) is 13.0. The fourth-order valence-electron chi connectivity index (χ4n) is 5.97. The Hall–Kier alpha value is -4.34. The number of fused-ring (bicyclic) bond motifs is 14. The van der Waals surface area contributed by atoms with Crippen LogP contribution in [0.4, 0.5) is 0 Å². The Bertz CT molecular complexity index is 2240. The number of pyridine rings is 1. The van der Waals surface area contributed by atoms with Crippen LogP contribution >= 0.6 is 11.3 Å². The molecule has 36 heavy (non-hydrogen) atoms. The maximum Gasteiger partial charge on any atom is 0.144 e. The Morgan fingerprint density at radius 2 is 1.58 bits per heavy atom. The summed E-state index contributed by atoms with van der Waals surface area (Å²) in [5, 5.41) is 9.82. The molecule has 0 radical (unpaired) electrons. The van der Waals surface area contributed by atoms with Gasteiger partial charge in [0.05, 0.1) is 11.0 Å². The van der Waals surface area contributed by atoms with E-state index < -0.39 is 0 Å². The van der Waals surface area contributed by atoms with Gasteiger partial charge in [-0.3, -0.25) is 0 Å². The van der Waals surface area contributed by atoms with E-state index in [2.05, 4.69) is 90.0 Å². The third kappa shape index (κ3) is 2.40. The smallest absolute Gasteiger partial charge is 0.144 e. The molecule has 0 saturated carbocycles. The van der Waals surface area contributed by atoms with Crippen molar-refractivity contribution in [1.82, 2.24) is 4.40 Å². The lowest BCUT2D eigenvalue weighted by atomic mass is 9.98. The molecule has 0 amide bonds. The largest absolute Gasteiger partial charge is 0.455 e. The summed E-state index contributed by atoms with van der Waals surface area (Å²) >= 11 is 1.87. The van der Waals surface area contributed by atoms with Crippen molar-refractivity contribution in [1.29, 1.82) is 0 Å². The third-order valence-electron chi connectivity index (χ3n) is 7.46. The molecule has 8 rings (SSSR count). The first-order valence-electron chi connectivity index (χ1n) is 12.2. The van der Waals surface area contributed by atoms with Gasteiger partial charge in [-0.2, -0.15) is 0 Å². The van der Waals surface area contributed by atoms with Gasteiger partial charge in [-0.15, -0.1) is 11.3 Å². The molecule has 0 N–H and O–H groups in total. The van der Waals surface area contributed by atoms with Gasteiger partial charge in [-0.05, 0) is 31.2 Å². The van der Waals surface area contributed by atoms with Crippen LogP contribution in [0.3, 0.4) is 0 Å². The van der Waals surface area contributed by atoms with E-state index in [4.69, 9.17) is 4.42 Å². The Labute approximate surface area is 211 Å². The molecule has 3 heteroatoms. The molecule has 170 valence electrons. The average molecular weight is 480 g/mol. The molecule has 0 aliphatic carbocycles. The Morgan fingerprint density at radius 3 is 2.44 bits per heavy atom. The van der Waals surface area contributed by atoms with Crippen LogP contribution in [-0.4, -0.2) is 4.40 Å². The molecule has 2 nitrogen and oxygen atoms in total. The van der Waals surface area contributed by atoms with E-state index in [-0.39, 0.29) is 0 Å². The number of benzene rings is 4. The van der Waals surface area contributed by atoms with Gasteiger partial charge in [0.25, 0.3) is 0 Å². The van der Waals surface area contributed by atoms with Gasteiger partial charge in [0, 0.05) is 64.2 Å². The molecule has 4 aromatic carbocycles. The molecule has 0 atom stereocenters. The molecule has 4 heterocycles. The molecule has 0 fully saturated rings. The summed E-state index contributed by atoms with van der Waals surface area (Å²) in [5.74, 6) is 0.853. The molecule has 0 unspecified atom stereocenters. The summed E-state index contributed by atoms with van der Waals surface area (Å²) in [6.07, 6.45) is 8.24. The zero-order valence-electron chi connectivity index (χ0n) is 19.7. The lowest BCUT2D eigenvalue weighted by molar-refractivity contribution is 0.606. The SMILES string of the molecule is C=Cc1c(/C=C\C)oc2c1ccc1c2c2c3sc4ccccc4c3ccc2n2cc3ccccc3c12. The fraction of sp³-hybridized carbons (Fsp3) is 0.0303. The minimum atomic E-state index is 0.853. The fourth-order valence-corrected chi connectivity index (χ4v) is 7.23. The van der Waals surface area contributed by atoms with Crippen molar-refractivity contribution in [2.75, 3.05) is 0 Å². The Morgan fingerprint density at radius 1 is 0.806 bits per heavy atom. The molecule has 0 bridgehead atoms. The molecule has 8 aromatic rings. The zero-order chi connectivity index (χ0) is 24.0. The molecule has 0 saturated heterocycles. The predicted molar refractivity (Wildman–Crippen MR) is 157 cm³/mol. The number of hydrogen-bond acceptors (Lipinski definition) is 2. The van der Waals surface area contributed by atoms with Gasteiger partial charge in [-0.1, -0.05) is 73.3 Å². The topological polar surface area (TPSA) is 17.6 Å². The van der Waals surface area contributed by atoms with E-state index in [0.717, 1.165) is 22.3 Å². The van der Waals surface area contributed by atoms with Crippen molar-refractivity contribution in [3.63, 3.8) is 0 Å².